The van der Waals surface area contributed by atoms with Crippen LogP contribution >= 0.6 is 0 Å². The number of fused-ring (bicyclic) bond motifs is 1. The summed E-state index contributed by atoms with van der Waals surface area (Å²) >= 11 is -2.26. The number of hydrogen-bond donors (Lipinski definition) is 0. The summed E-state index contributed by atoms with van der Waals surface area (Å²) < 4.78 is 4.63. The Labute approximate surface area is 145 Å². The van der Waals surface area contributed by atoms with Gasteiger partial charge in [0.05, 0.1) is 0 Å². The van der Waals surface area contributed by atoms with Gasteiger partial charge < -0.3 is 0 Å². The Morgan fingerprint density at radius 1 is 0.435 bits per heavy atom. The molecule has 0 aliphatic carbocycles. The van der Waals surface area contributed by atoms with Gasteiger partial charge in [-0.25, -0.2) is 0 Å². The summed E-state index contributed by atoms with van der Waals surface area (Å²) in [7, 11) is 0. The Kier molecular flexibility index (Phi) is 4.22. The molecule has 110 valence electrons. The van der Waals surface area contributed by atoms with Gasteiger partial charge in [-0.2, -0.15) is 0 Å². The van der Waals surface area contributed by atoms with Gasteiger partial charge in [0.25, 0.3) is 0 Å². The normalized spacial score (nSPS) is 11.0. The van der Waals surface area contributed by atoms with Crippen LogP contribution in [0.1, 0.15) is 0 Å². The molecule has 0 saturated carbocycles. The molecular formula is C22H17Bi. The van der Waals surface area contributed by atoms with Crippen LogP contribution < -0.4 is 9.81 Å². The van der Waals surface area contributed by atoms with Gasteiger partial charge in [-0.05, 0) is 0 Å². The van der Waals surface area contributed by atoms with E-state index in [0.717, 1.165) is 0 Å². The van der Waals surface area contributed by atoms with Crippen molar-refractivity contribution in [1.29, 1.82) is 0 Å². The number of benzene rings is 4. The summed E-state index contributed by atoms with van der Waals surface area (Å²) in [6.45, 7) is 0. The summed E-state index contributed by atoms with van der Waals surface area (Å²) in [5.74, 6) is 0. The summed E-state index contributed by atoms with van der Waals surface area (Å²) in [4.78, 5) is 0. The molecule has 1 heteroatoms. The third-order valence-electron chi connectivity index (χ3n) is 4.04. The first-order valence-electron chi connectivity index (χ1n) is 7.81. The molecule has 0 atom stereocenters. The van der Waals surface area contributed by atoms with E-state index in [1.165, 1.54) is 17.3 Å². The van der Waals surface area contributed by atoms with Crippen molar-refractivity contribution in [3.8, 4) is 0 Å². The number of hydrogen-bond acceptors (Lipinski definition) is 0. The van der Waals surface area contributed by atoms with E-state index in [-0.39, 0.29) is 0 Å². The van der Waals surface area contributed by atoms with Crippen LogP contribution in [0, 0.1) is 0 Å². The van der Waals surface area contributed by atoms with E-state index in [0.29, 0.717) is 0 Å². The van der Waals surface area contributed by atoms with E-state index in [9.17, 15) is 0 Å². The molecule has 23 heavy (non-hydrogen) atoms. The summed E-state index contributed by atoms with van der Waals surface area (Å²) in [6, 6.07) is 37.7. The van der Waals surface area contributed by atoms with Gasteiger partial charge in [-0.15, -0.1) is 0 Å². The van der Waals surface area contributed by atoms with Gasteiger partial charge in [0.2, 0.25) is 0 Å². The zero-order chi connectivity index (χ0) is 15.5. The second-order valence-electron chi connectivity index (χ2n) is 5.50. The molecule has 0 N–H and O–H groups in total. The molecule has 4 aromatic carbocycles. The maximum absolute atomic E-state index is 2.35. The average Bonchev–Trinajstić information content (AvgIpc) is 2.64. The molecular weight excluding hydrogens is 473 g/mol. The van der Waals surface area contributed by atoms with Gasteiger partial charge in [0.1, 0.15) is 0 Å². The summed E-state index contributed by atoms with van der Waals surface area (Å²) in [5.41, 5.74) is 0. The molecule has 4 aromatic rings. The molecule has 0 amide bonds. The molecule has 0 fully saturated rings. The third kappa shape index (κ3) is 2.94. The Morgan fingerprint density at radius 2 is 0.957 bits per heavy atom. The molecule has 0 bridgehead atoms. The van der Waals surface area contributed by atoms with Crippen LogP contribution in [0.2, 0.25) is 0 Å². The topological polar surface area (TPSA) is 0 Å². The molecule has 0 unspecified atom stereocenters. The molecule has 4 rings (SSSR count). The van der Waals surface area contributed by atoms with Crippen LogP contribution in [0.15, 0.2) is 103 Å². The Balaban J connectivity index is 1.98. The van der Waals surface area contributed by atoms with Crippen molar-refractivity contribution in [2.24, 2.45) is 0 Å². The van der Waals surface area contributed by atoms with Crippen molar-refractivity contribution in [2.75, 3.05) is 0 Å². The third-order valence-corrected chi connectivity index (χ3v) is 13.8. The first kappa shape index (κ1) is 14.6. The van der Waals surface area contributed by atoms with Crippen molar-refractivity contribution < 1.29 is 0 Å². The van der Waals surface area contributed by atoms with Crippen LogP contribution in [0.5, 0.6) is 0 Å². The first-order valence-corrected chi connectivity index (χ1v) is 13.0. The van der Waals surface area contributed by atoms with Crippen LogP contribution in [-0.4, -0.2) is 21.8 Å². The van der Waals surface area contributed by atoms with Crippen molar-refractivity contribution >= 4 is 42.3 Å². The standard InChI is InChI=1S/C10H7.2C6H5.Bi/c1-2-6-10-8-4-3-7-9(10)5-1;2*1-2-4-6-5-3-1;/h1-7H;2*1-5H;. The van der Waals surface area contributed by atoms with E-state index >= 15 is 0 Å². The fourth-order valence-electron chi connectivity index (χ4n) is 2.98. The minimum atomic E-state index is -2.26. The van der Waals surface area contributed by atoms with Crippen LogP contribution in [0.3, 0.4) is 0 Å². The predicted octanol–water partition coefficient (Wildman–Crippen LogP) is 3.36. The molecule has 0 spiro atoms. The zero-order valence-corrected chi connectivity index (χ0v) is 16.2. The summed E-state index contributed by atoms with van der Waals surface area (Å²) in [6.07, 6.45) is 0. The Hall–Kier alpha value is -1.98. The zero-order valence-electron chi connectivity index (χ0n) is 12.8. The van der Waals surface area contributed by atoms with Crippen molar-refractivity contribution in [2.45, 2.75) is 0 Å². The van der Waals surface area contributed by atoms with Crippen molar-refractivity contribution in [3.63, 3.8) is 0 Å². The van der Waals surface area contributed by atoms with Crippen molar-refractivity contribution in [3.05, 3.63) is 103 Å². The monoisotopic (exact) mass is 490 g/mol. The molecule has 0 aliphatic heterocycles. The van der Waals surface area contributed by atoms with E-state index in [2.05, 4.69) is 103 Å². The molecule has 0 aliphatic rings. The first-order chi connectivity index (χ1) is 11.4. The van der Waals surface area contributed by atoms with Crippen LogP contribution in [0.25, 0.3) is 10.8 Å². The van der Waals surface area contributed by atoms with E-state index < -0.39 is 21.8 Å². The van der Waals surface area contributed by atoms with Crippen LogP contribution in [-0.2, 0) is 0 Å². The predicted molar refractivity (Wildman–Crippen MR) is 101 cm³/mol. The number of rotatable bonds is 3. The maximum atomic E-state index is 2.35. The molecule has 0 aromatic heterocycles. The van der Waals surface area contributed by atoms with E-state index in [1.54, 1.807) is 3.27 Å². The average molecular weight is 490 g/mol. The van der Waals surface area contributed by atoms with Gasteiger partial charge in [-0.3, -0.25) is 0 Å². The van der Waals surface area contributed by atoms with Crippen LogP contribution in [0.4, 0.5) is 0 Å². The minimum absolute atomic E-state index is 1.34. The van der Waals surface area contributed by atoms with E-state index in [1.807, 2.05) is 0 Å². The Morgan fingerprint density at radius 3 is 1.61 bits per heavy atom. The van der Waals surface area contributed by atoms with Crippen molar-refractivity contribution in [1.82, 2.24) is 0 Å². The van der Waals surface area contributed by atoms with Gasteiger partial charge in [0.15, 0.2) is 0 Å². The van der Waals surface area contributed by atoms with Gasteiger partial charge >= 0.3 is 145 Å². The van der Waals surface area contributed by atoms with E-state index in [4.69, 9.17) is 0 Å². The quantitative estimate of drug-likeness (QED) is 0.387. The fourth-order valence-corrected chi connectivity index (χ4v) is 12.6. The Bertz CT molecular complexity index is 869. The second-order valence-corrected chi connectivity index (χ2v) is 14.0. The molecule has 0 nitrogen and oxygen atoms in total. The van der Waals surface area contributed by atoms with Gasteiger partial charge in [-0.1, -0.05) is 0 Å². The molecule has 0 heterocycles. The summed E-state index contributed by atoms with van der Waals surface area (Å²) in [5, 5.41) is 2.76. The fraction of sp³-hybridized carbons (Fsp3) is 0. The molecule has 0 saturated heterocycles. The SMILES string of the molecule is c1cc[c]([Bi]([c]2ccccc2)[c]2cccc3ccccc23)cc1. The van der Waals surface area contributed by atoms with Gasteiger partial charge in [0, 0.05) is 0 Å². The second kappa shape index (κ2) is 6.64. The molecule has 0 radical (unpaired) electrons.